The van der Waals surface area contributed by atoms with Crippen LogP contribution in [0.4, 0.5) is 11.6 Å². The van der Waals surface area contributed by atoms with Crippen molar-refractivity contribution >= 4 is 23.4 Å². The molecule has 2 N–H and O–H groups in total. The average Bonchev–Trinajstić information content (AvgIpc) is 2.36. The molecule has 0 aliphatic rings. The van der Waals surface area contributed by atoms with E-state index < -0.39 is 0 Å². The maximum absolute atomic E-state index is 5.34. The number of nitrogens with zero attached hydrogens (tertiary/aromatic N) is 2. The van der Waals surface area contributed by atoms with Crippen molar-refractivity contribution in [3.8, 4) is 5.75 Å². The second kappa shape index (κ2) is 7.21. The van der Waals surface area contributed by atoms with Crippen LogP contribution in [0.15, 0.2) is 6.33 Å². The SMILES string of the molecule is CCNc1ncnc(NCC(C)SC)c1OC. The molecule has 6 heteroatoms. The molecule has 0 aromatic carbocycles. The van der Waals surface area contributed by atoms with Gasteiger partial charge in [-0.1, -0.05) is 6.92 Å². The molecule has 0 aliphatic carbocycles. The van der Waals surface area contributed by atoms with E-state index in [1.54, 1.807) is 7.11 Å². The van der Waals surface area contributed by atoms with Crippen LogP contribution in [0.3, 0.4) is 0 Å². The second-order valence-electron chi connectivity index (χ2n) is 3.56. The molecule has 0 aliphatic heterocycles. The van der Waals surface area contributed by atoms with Gasteiger partial charge in [0.1, 0.15) is 6.33 Å². The van der Waals surface area contributed by atoms with Crippen molar-refractivity contribution in [1.82, 2.24) is 9.97 Å². The van der Waals surface area contributed by atoms with Gasteiger partial charge in [-0.25, -0.2) is 9.97 Å². The number of nitrogens with one attached hydrogen (secondary N) is 2. The molecule has 1 unspecified atom stereocenters. The summed E-state index contributed by atoms with van der Waals surface area (Å²) in [6.07, 6.45) is 3.63. The fraction of sp³-hybridized carbons (Fsp3) is 0.636. The van der Waals surface area contributed by atoms with E-state index >= 15 is 0 Å². The Bertz CT molecular complexity index is 348. The van der Waals surface area contributed by atoms with E-state index in [9.17, 15) is 0 Å². The fourth-order valence-electron chi connectivity index (χ4n) is 1.31. The molecule has 1 aromatic heterocycles. The molecule has 1 heterocycles. The largest absolute Gasteiger partial charge is 0.490 e. The van der Waals surface area contributed by atoms with Gasteiger partial charge < -0.3 is 15.4 Å². The number of rotatable bonds is 7. The van der Waals surface area contributed by atoms with Crippen molar-refractivity contribution in [2.24, 2.45) is 0 Å². The molecule has 0 spiro atoms. The van der Waals surface area contributed by atoms with Crippen LogP contribution in [0.25, 0.3) is 0 Å². The zero-order valence-corrected chi connectivity index (χ0v) is 11.6. The number of anilines is 2. The van der Waals surface area contributed by atoms with Gasteiger partial charge in [0.25, 0.3) is 0 Å². The zero-order chi connectivity index (χ0) is 12.7. The Morgan fingerprint density at radius 2 is 2.00 bits per heavy atom. The van der Waals surface area contributed by atoms with Crippen molar-refractivity contribution in [1.29, 1.82) is 0 Å². The Hall–Kier alpha value is -1.17. The van der Waals surface area contributed by atoms with Crippen LogP contribution in [0.5, 0.6) is 5.75 Å². The Labute approximate surface area is 107 Å². The lowest BCUT2D eigenvalue weighted by atomic mass is 10.4. The van der Waals surface area contributed by atoms with E-state index in [-0.39, 0.29) is 0 Å². The van der Waals surface area contributed by atoms with Crippen molar-refractivity contribution in [2.45, 2.75) is 19.1 Å². The Morgan fingerprint density at radius 1 is 1.35 bits per heavy atom. The van der Waals surface area contributed by atoms with E-state index in [4.69, 9.17) is 4.74 Å². The zero-order valence-electron chi connectivity index (χ0n) is 10.8. The summed E-state index contributed by atoms with van der Waals surface area (Å²) in [6, 6.07) is 0. The van der Waals surface area contributed by atoms with Gasteiger partial charge >= 0.3 is 0 Å². The highest BCUT2D eigenvalue weighted by atomic mass is 32.2. The molecule has 0 fully saturated rings. The molecule has 1 aromatic rings. The highest BCUT2D eigenvalue weighted by Gasteiger charge is 2.11. The van der Waals surface area contributed by atoms with Crippen molar-refractivity contribution in [2.75, 3.05) is 37.1 Å². The van der Waals surface area contributed by atoms with E-state index in [0.29, 0.717) is 11.0 Å². The van der Waals surface area contributed by atoms with E-state index in [1.165, 1.54) is 6.33 Å². The first-order valence-corrected chi connectivity index (χ1v) is 6.91. The molecule has 17 heavy (non-hydrogen) atoms. The molecule has 0 bridgehead atoms. The van der Waals surface area contributed by atoms with E-state index in [1.807, 2.05) is 18.7 Å². The third-order valence-corrected chi connectivity index (χ3v) is 3.28. The summed E-state index contributed by atoms with van der Waals surface area (Å²) in [4.78, 5) is 8.36. The standard InChI is InChI=1S/C11H20N4OS/c1-5-12-10-9(16-3)11(15-7-14-10)13-6-8(2)17-4/h7-8H,5-6H2,1-4H3,(H2,12,13,14,15). The van der Waals surface area contributed by atoms with Gasteiger partial charge in [-0.05, 0) is 13.2 Å². The number of thioether (sulfide) groups is 1. The monoisotopic (exact) mass is 256 g/mol. The van der Waals surface area contributed by atoms with E-state index in [0.717, 1.165) is 24.7 Å². The number of ether oxygens (including phenoxy) is 1. The fourth-order valence-corrected chi connectivity index (χ4v) is 1.56. The Kier molecular flexibility index (Phi) is 5.90. The van der Waals surface area contributed by atoms with Gasteiger partial charge in [-0.3, -0.25) is 0 Å². The van der Waals surface area contributed by atoms with Crippen LogP contribution in [0, 0.1) is 0 Å². The minimum atomic E-state index is 0.525. The minimum absolute atomic E-state index is 0.525. The van der Waals surface area contributed by atoms with Crippen LogP contribution in [0.1, 0.15) is 13.8 Å². The van der Waals surface area contributed by atoms with E-state index in [2.05, 4.69) is 33.8 Å². The first kappa shape index (κ1) is 13.9. The first-order valence-electron chi connectivity index (χ1n) is 5.62. The lowest BCUT2D eigenvalue weighted by Crippen LogP contribution is -2.15. The first-order chi connectivity index (χ1) is 8.22. The summed E-state index contributed by atoms with van der Waals surface area (Å²) >= 11 is 1.81. The summed E-state index contributed by atoms with van der Waals surface area (Å²) in [6.45, 7) is 5.83. The lowest BCUT2D eigenvalue weighted by Gasteiger charge is -2.15. The molecule has 1 atom stereocenters. The second-order valence-corrected chi connectivity index (χ2v) is 4.84. The summed E-state index contributed by atoms with van der Waals surface area (Å²) in [5.41, 5.74) is 0. The summed E-state index contributed by atoms with van der Waals surface area (Å²) in [5, 5.41) is 6.95. The van der Waals surface area contributed by atoms with Crippen LogP contribution in [-0.2, 0) is 0 Å². The van der Waals surface area contributed by atoms with Gasteiger partial charge in [-0.15, -0.1) is 0 Å². The molecule has 96 valence electrons. The van der Waals surface area contributed by atoms with Crippen LogP contribution >= 0.6 is 11.8 Å². The average molecular weight is 256 g/mol. The molecule has 1 rings (SSSR count). The smallest absolute Gasteiger partial charge is 0.204 e. The maximum Gasteiger partial charge on any atom is 0.204 e. The topological polar surface area (TPSA) is 59.1 Å². The van der Waals surface area contributed by atoms with Gasteiger partial charge in [0, 0.05) is 18.3 Å². The van der Waals surface area contributed by atoms with Crippen LogP contribution < -0.4 is 15.4 Å². The number of hydrogen-bond acceptors (Lipinski definition) is 6. The predicted octanol–water partition coefficient (Wildman–Crippen LogP) is 2.08. The molecule has 5 nitrogen and oxygen atoms in total. The van der Waals surface area contributed by atoms with Crippen molar-refractivity contribution in [3.05, 3.63) is 6.33 Å². The molecular formula is C11H20N4OS. The predicted molar refractivity (Wildman–Crippen MR) is 74.2 cm³/mol. The summed E-state index contributed by atoms with van der Waals surface area (Å²) in [5.74, 6) is 2.13. The van der Waals surface area contributed by atoms with Gasteiger partial charge in [0.2, 0.25) is 5.75 Å². The number of aromatic nitrogens is 2. The quantitative estimate of drug-likeness (QED) is 0.779. The highest BCUT2D eigenvalue weighted by molar-refractivity contribution is 7.99. The molecule has 0 amide bonds. The van der Waals surface area contributed by atoms with Gasteiger partial charge in [-0.2, -0.15) is 11.8 Å². The number of methoxy groups -OCH3 is 1. The Balaban J connectivity index is 2.79. The molecular weight excluding hydrogens is 236 g/mol. The molecule has 0 radical (unpaired) electrons. The third kappa shape index (κ3) is 3.96. The third-order valence-electron chi connectivity index (χ3n) is 2.31. The van der Waals surface area contributed by atoms with Crippen LogP contribution in [-0.4, -0.2) is 41.7 Å². The lowest BCUT2D eigenvalue weighted by molar-refractivity contribution is 0.414. The van der Waals surface area contributed by atoms with Crippen molar-refractivity contribution in [3.63, 3.8) is 0 Å². The van der Waals surface area contributed by atoms with Gasteiger partial charge in [0.15, 0.2) is 11.6 Å². The summed E-state index contributed by atoms with van der Waals surface area (Å²) < 4.78 is 5.34. The minimum Gasteiger partial charge on any atom is -0.490 e. The molecule has 0 saturated carbocycles. The highest BCUT2D eigenvalue weighted by Crippen LogP contribution is 2.28. The maximum atomic E-state index is 5.34. The van der Waals surface area contributed by atoms with Crippen molar-refractivity contribution < 1.29 is 4.74 Å². The Morgan fingerprint density at radius 3 is 2.53 bits per heavy atom. The normalized spacial score (nSPS) is 12.0. The number of hydrogen-bond donors (Lipinski definition) is 2. The summed E-state index contributed by atoms with van der Waals surface area (Å²) in [7, 11) is 1.63. The molecule has 0 saturated heterocycles. The van der Waals surface area contributed by atoms with Crippen LogP contribution in [0.2, 0.25) is 0 Å². The van der Waals surface area contributed by atoms with Gasteiger partial charge in [0.05, 0.1) is 7.11 Å².